The smallest absolute Gasteiger partial charge is 0.0954 e. The molecule has 0 amide bonds. The molecular weight excluding hydrogens is 493 g/mol. The molecule has 190 valence electrons. The summed E-state index contributed by atoms with van der Waals surface area (Å²) in [5, 5.41) is 2.42. The number of unbranched alkanes of at least 4 members (excludes halogenated alkanes) is 6. The molecule has 0 unspecified atom stereocenters. The minimum absolute atomic E-state index is 0.560. The Labute approximate surface area is 226 Å². The van der Waals surface area contributed by atoms with Gasteiger partial charge in [0.25, 0.3) is 0 Å². The van der Waals surface area contributed by atoms with E-state index in [9.17, 15) is 0 Å². The van der Waals surface area contributed by atoms with Gasteiger partial charge in [-0.05, 0) is 50.2 Å². The van der Waals surface area contributed by atoms with Gasteiger partial charge in [0.2, 0.25) is 0 Å². The minimum Gasteiger partial charge on any atom is -0.303 e. The van der Waals surface area contributed by atoms with Gasteiger partial charge in [0.1, 0.15) is 0 Å². The summed E-state index contributed by atoms with van der Waals surface area (Å²) in [6, 6.07) is 13.7. The third kappa shape index (κ3) is 9.24. The number of fused-ring (bicyclic) bond motifs is 1. The maximum atomic E-state index is 6.53. The quantitative estimate of drug-likeness (QED) is 0.227. The van der Waals surface area contributed by atoms with Crippen molar-refractivity contribution in [3.8, 4) is 0 Å². The van der Waals surface area contributed by atoms with Crippen LogP contribution >= 0.6 is 35.0 Å². The van der Waals surface area contributed by atoms with Gasteiger partial charge in [-0.1, -0.05) is 93.8 Å². The molecule has 6 heteroatoms. The van der Waals surface area contributed by atoms with Crippen LogP contribution in [0, 0.1) is 0 Å². The van der Waals surface area contributed by atoms with E-state index in [0.717, 1.165) is 39.9 Å². The van der Waals surface area contributed by atoms with E-state index >= 15 is 0 Å². The predicted molar refractivity (Wildman–Crippen MR) is 158 cm³/mol. The molecule has 0 saturated heterocycles. The van der Waals surface area contributed by atoms with Crippen molar-refractivity contribution in [1.29, 1.82) is 0 Å². The summed E-state index contributed by atoms with van der Waals surface area (Å²) in [6.45, 7) is 8.61. The Bertz CT molecular complexity index is 978. The lowest BCUT2D eigenvalue weighted by atomic mass is 10.0. The molecule has 0 bridgehead atoms. The Morgan fingerprint density at radius 3 is 2.23 bits per heavy atom. The highest BCUT2D eigenvalue weighted by atomic mass is 35.5. The molecule has 1 aliphatic rings. The second-order valence-electron chi connectivity index (χ2n) is 9.12. The SMILES string of the molecule is CCCCCCN(CCCCCC)CCSC1=Nc2ccc(Cl)cc2C(c2ccccc2Cl)=NC1. The van der Waals surface area contributed by atoms with Gasteiger partial charge in [-0.3, -0.25) is 4.99 Å². The molecule has 0 atom stereocenters. The molecule has 0 aromatic heterocycles. The van der Waals surface area contributed by atoms with Crippen LogP contribution in [0.4, 0.5) is 5.69 Å². The van der Waals surface area contributed by atoms with Crippen molar-refractivity contribution < 1.29 is 0 Å². The van der Waals surface area contributed by atoms with E-state index < -0.39 is 0 Å². The number of nitrogens with zero attached hydrogens (tertiary/aromatic N) is 3. The summed E-state index contributed by atoms with van der Waals surface area (Å²) < 4.78 is 0. The van der Waals surface area contributed by atoms with Gasteiger partial charge in [0.15, 0.2) is 0 Å². The van der Waals surface area contributed by atoms with Crippen molar-refractivity contribution in [3.05, 3.63) is 63.6 Å². The van der Waals surface area contributed by atoms with E-state index in [2.05, 4.69) is 18.7 Å². The molecule has 35 heavy (non-hydrogen) atoms. The highest BCUT2D eigenvalue weighted by molar-refractivity contribution is 8.14. The molecule has 3 rings (SSSR count). The van der Waals surface area contributed by atoms with Crippen molar-refractivity contribution in [2.45, 2.75) is 65.2 Å². The van der Waals surface area contributed by atoms with Crippen molar-refractivity contribution in [2.75, 3.05) is 31.9 Å². The Morgan fingerprint density at radius 1 is 0.829 bits per heavy atom. The van der Waals surface area contributed by atoms with Gasteiger partial charge < -0.3 is 4.90 Å². The lowest BCUT2D eigenvalue weighted by molar-refractivity contribution is 0.276. The van der Waals surface area contributed by atoms with E-state index in [1.54, 1.807) is 0 Å². The Hall–Kier alpha value is -1.33. The monoisotopic (exact) mass is 531 g/mol. The van der Waals surface area contributed by atoms with Crippen LogP contribution in [0.2, 0.25) is 10.0 Å². The lowest BCUT2D eigenvalue weighted by Crippen LogP contribution is -2.29. The van der Waals surface area contributed by atoms with Crippen LogP contribution in [0.25, 0.3) is 0 Å². The summed E-state index contributed by atoms with van der Waals surface area (Å²) in [7, 11) is 0. The average molecular weight is 533 g/mol. The average Bonchev–Trinajstić information content (AvgIpc) is 3.03. The molecule has 1 aliphatic heterocycles. The Kier molecular flexibility index (Phi) is 12.7. The summed E-state index contributed by atoms with van der Waals surface area (Å²) in [6.07, 6.45) is 10.5. The van der Waals surface area contributed by atoms with E-state index in [0.29, 0.717) is 16.6 Å². The molecule has 1 heterocycles. The molecule has 0 aliphatic carbocycles. The van der Waals surface area contributed by atoms with Crippen molar-refractivity contribution in [1.82, 2.24) is 4.90 Å². The maximum absolute atomic E-state index is 6.53. The van der Waals surface area contributed by atoms with Gasteiger partial charge >= 0.3 is 0 Å². The topological polar surface area (TPSA) is 28.0 Å². The molecule has 0 saturated carbocycles. The molecule has 0 radical (unpaired) electrons. The number of hydrogen-bond acceptors (Lipinski definition) is 4. The molecule has 0 fully saturated rings. The second-order valence-corrected chi connectivity index (χ2v) is 11.1. The fourth-order valence-corrected chi connectivity index (χ4v) is 5.61. The largest absolute Gasteiger partial charge is 0.303 e. The zero-order valence-electron chi connectivity index (χ0n) is 21.2. The Morgan fingerprint density at radius 2 is 1.54 bits per heavy atom. The third-order valence-electron chi connectivity index (χ3n) is 6.29. The van der Waals surface area contributed by atoms with Gasteiger partial charge in [0, 0.05) is 33.5 Å². The second kappa shape index (κ2) is 15.7. The summed E-state index contributed by atoms with van der Waals surface area (Å²) in [5.74, 6) is 1.03. The minimum atomic E-state index is 0.560. The van der Waals surface area contributed by atoms with Crippen LogP contribution in [0.5, 0.6) is 0 Å². The maximum Gasteiger partial charge on any atom is 0.0954 e. The fraction of sp³-hybridized carbons (Fsp3) is 0.517. The van der Waals surface area contributed by atoms with Crippen molar-refractivity contribution in [2.24, 2.45) is 9.98 Å². The number of thioether (sulfide) groups is 1. The molecule has 0 N–H and O–H groups in total. The molecule has 0 spiro atoms. The zero-order valence-corrected chi connectivity index (χ0v) is 23.6. The number of aliphatic imine (C=N–C) groups is 2. The lowest BCUT2D eigenvalue weighted by Gasteiger charge is -2.22. The van der Waals surface area contributed by atoms with E-state index in [4.69, 9.17) is 33.2 Å². The first kappa shape index (κ1) is 28.2. The number of benzene rings is 2. The summed E-state index contributed by atoms with van der Waals surface area (Å²) in [4.78, 5) is 12.6. The van der Waals surface area contributed by atoms with Crippen LogP contribution in [-0.4, -0.2) is 47.6 Å². The first-order valence-corrected chi connectivity index (χ1v) is 14.9. The third-order valence-corrected chi connectivity index (χ3v) is 7.80. The van der Waals surface area contributed by atoms with E-state index in [1.165, 1.54) is 64.5 Å². The van der Waals surface area contributed by atoms with Crippen LogP contribution < -0.4 is 0 Å². The summed E-state index contributed by atoms with van der Waals surface area (Å²) in [5.41, 5.74) is 3.63. The normalized spacial score (nSPS) is 13.4. The number of rotatable bonds is 14. The van der Waals surface area contributed by atoms with Crippen molar-refractivity contribution >= 4 is 51.4 Å². The number of halogens is 2. The van der Waals surface area contributed by atoms with Crippen LogP contribution in [-0.2, 0) is 0 Å². The van der Waals surface area contributed by atoms with Gasteiger partial charge in [-0.2, -0.15) is 0 Å². The zero-order chi connectivity index (χ0) is 24.9. The van der Waals surface area contributed by atoms with E-state index in [-0.39, 0.29) is 0 Å². The van der Waals surface area contributed by atoms with Crippen LogP contribution in [0.3, 0.4) is 0 Å². The molecule has 3 nitrogen and oxygen atoms in total. The highest BCUT2D eigenvalue weighted by Gasteiger charge is 2.19. The standard InChI is InChI=1S/C29H39Cl2N3S/c1-3-5-7-11-17-34(18-12-8-6-4-2)19-20-35-28-22-32-29(24-13-9-10-14-26(24)31)25-21-23(30)15-16-27(25)33-28/h9-10,13-16,21H,3-8,11-12,17-20,22H2,1-2H3. The van der Waals surface area contributed by atoms with Gasteiger partial charge in [-0.15, -0.1) is 11.8 Å². The summed E-state index contributed by atoms with van der Waals surface area (Å²) >= 11 is 14.7. The van der Waals surface area contributed by atoms with Gasteiger partial charge in [0.05, 0.1) is 23.0 Å². The predicted octanol–water partition coefficient (Wildman–Crippen LogP) is 9.07. The van der Waals surface area contributed by atoms with Crippen molar-refractivity contribution in [3.63, 3.8) is 0 Å². The fourth-order valence-electron chi connectivity index (χ4n) is 4.31. The highest BCUT2D eigenvalue weighted by Crippen LogP contribution is 2.31. The van der Waals surface area contributed by atoms with E-state index in [1.807, 2.05) is 54.2 Å². The molecule has 2 aromatic rings. The number of hydrogen-bond donors (Lipinski definition) is 0. The first-order valence-electron chi connectivity index (χ1n) is 13.1. The molecule has 2 aromatic carbocycles. The van der Waals surface area contributed by atoms with Crippen LogP contribution in [0.15, 0.2) is 52.4 Å². The molecular formula is C29H39Cl2N3S. The van der Waals surface area contributed by atoms with Crippen LogP contribution in [0.1, 0.15) is 76.3 Å². The van der Waals surface area contributed by atoms with Gasteiger partial charge in [-0.25, -0.2) is 4.99 Å². The Balaban J connectivity index is 1.67. The first-order chi connectivity index (χ1) is 17.1.